The van der Waals surface area contributed by atoms with Crippen molar-refractivity contribution in [3.63, 3.8) is 0 Å². The van der Waals surface area contributed by atoms with Gasteiger partial charge in [0.15, 0.2) is 5.78 Å². The van der Waals surface area contributed by atoms with Crippen LogP contribution >= 0.6 is 0 Å². The van der Waals surface area contributed by atoms with Crippen LogP contribution in [0.2, 0.25) is 0 Å². The number of hydrogen-bond acceptors (Lipinski definition) is 6. The molecule has 6 heteroatoms. The van der Waals surface area contributed by atoms with Crippen molar-refractivity contribution in [2.24, 2.45) is 11.8 Å². The van der Waals surface area contributed by atoms with Gasteiger partial charge in [-0.05, 0) is 80.1 Å². The van der Waals surface area contributed by atoms with Crippen LogP contribution in [0.25, 0.3) is 5.57 Å². The largest absolute Gasteiger partial charge is 0.497 e. The quantitative estimate of drug-likeness (QED) is 0.436. The Morgan fingerprint density at radius 1 is 1.31 bits per heavy atom. The van der Waals surface area contributed by atoms with E-state index in [1.807, 2.05) is 49.4 Å². The summed E-state index contributed by atoms with van der Waals surface area (Å²) in [6.07, 6.45) is 5.31. The van der Waals surface area contributed by atoms with E-state index < -0.39 is 12.1 Å². The summed E-state index contributed by atoms with van der Waals surface area (Å²) in [5, 5.41) is 15.1. The Morgan fingerprint density at radius 2 is 2.14 bits per heavy atom. The minimum absolute atomic E-state index is 0.0137. The maximum Gasteiger partial charge on any atom is 0.192 e. The molecule has 2 aromatic carbocycles. The maximum atomic E-state index is 13.7. The monoisotopic (exact) mass is 474 g/mol. The second-order valence-corrected chi connectivity index (χ2v) is 9.64. The van der Waals surface area contributed by atoms with E-state index in [9.17, 15) is 9.90 Å². The number of aliphatic hydroxyl groups is 1. The number of benzene rings is 2. The zero-order valence-electron chi connectivity index (χ0n) is 20.4. The first-order chi connectivity index (χ1) is 17.0. The molecule has 2 bridgehead atoms. The van der Waals surface area contributed by atoms with Gasteiger partial charge in [0.2, 0.25) is 0 Å². The number of rotatable bonds is 8. The topological polar surface area (TPSA) is 71.0 Å². The van der Waals surface area contributed by atoms with Crippen LogP contribution in [0.15, 0.2) is 61.2 Å². The zero-order valence-corrected chi connectivity index (χ0v) is 20.4. The smallest absolute Gasteiger partial charge is 0.192 e. The molecule has 3 unspecified atom stereocenters. The van der Waals surface area contributed by atoms with Crippen LogP contribution < -0.4 is 14.8 Å². The molecule has 2 N–H and O–H groups in total. The van der Waals surface area contributed by atoms with E-state index in [1.54, 1.807) is 13.2 Å². The molecule has 6 rings (SSSR count). The molecule has 4 heterocycles. The SMILES string of the molecule is C=C[C@H]1CN2CCC1C[C@H]2[C@H](O)C1=CC(C(=O)c2ccccc2OCC)Nc2ccc(OC)cc21. The van der Waals surface area contributed by atoms with Gasteiger partial charge in [-0.1, -0.05) is 18.2 Å². The zero-order chi connectivity index (χ0) is 24.5. The summed E-state index contributed by atoms with van der Waals surface area (Å²) in [5.41, 5.74) is 3.00. The van der Waals surface area contributed by atoms with E-state index in [0.29, 0.717) is 35.5 Å². The van der Waals surface area contributed by atoms with Crippen LogP contribution in [-0.2, 0) is 0 Å². The lowest BCUT2D eigenvalue weighted by atomic mass is 9.73. The fourth-order valence-electron chi connectivity index (χ4n) is 5.92. The van der Waals surface area contributed by atoms with Crippen LogP contribution in [0.4, 0.5) is 5.69 Å². The van der Waals surface area contributed by atoms with Gasteiger partial charge in [-0.25, -0.2) is 0 Å². The number of para-hydroxylation sites is 1. The maximum absolute atomic E-state index is 13.7. The Bertz CT molecular complexity index is 1140. The second kappa shape index (κ2) is 9.88. The highest BCUT2D eigenvalue weighted by Gasteiger charge is 2.43. The summed E-state index contributed by atoms with van der Waals surface area (Å²) in [6.45, 7) is 8.32. The molecule has 0 spiro atoms. The van der Waals surface area contributed by atoms with Crippen molar-refractivity contribution < 1.29 is 19.4 Å². The first-order valence-corrected chi connectivity index (χ1v) is 12.5. The Morgan fingerprint density at radius 3 is 2.86 bits per heavy atom. The van der Waals surface area contributed by atoms with E-state index in [-0.39, 0.29) is 11.8 Å². The molecule has 4 aliphatic heterocycles. The molecule has 0 amide bonds. The number of anilines is 1. The number of carbonyl (C=O) groups excluding carboxylic acids is 1. The molecule has 4 aliphatic rings. The van der Waals surface area contributed by atoms with E-state index in [2.05, 4.69) is 22.9 Å². The first-order valence-electron chi connectivity index (χ1n) is 12.5. The summed E-state index contributed by atoms with van der Waals surface area (Å²) in [7, 11) is 1.63. The van der Waals surface area contributed by atoms with Crippen LogP contribution in [0.1, 0.15) is 35.7 Å². The number of piperidine rings is 3. The third kappa shape index (κ3) is 4.37. The number of Topliss-reactive ketones (excluding diaryl/α,β-unsaturated/α-hetero) is 1. The van der Waals surface area contributed by atoms with Crippen molar-refractivity contribution in [2.75, 3.05) is 32.1 Å². The normalized spacial score (nSPS) is 27.7. The molecule has 3 fully saturated rings. The summed E-state index contributed by atoms with van der Waals surface area (Å²) < 4.78 is 11.2. The van der Waals surface area contributed by atoms with Crippen molar-refractivity contribution >= 4 is 17.0 Å². The van der Waals surface area contributed by atoms with Crippen molar-refractivity contribution in [3.05, 3.63) is 72.3 Å². The number of ketones is 1. The molecule has 6 atom stereocenters. The summed E-state index contributed by atoms with van der Waals surface area (Å²) in [4.78, 5) is 16.1. The molecule has 0 saturated carbocycles. The Labute approximate surface area is 207 Å². The number of carbonyl (C=O) groups is 1. The van der Waals surface area contributed by atoms with E-state index >= 15 is 0 Å². The molecule has 0 aliphatic carbocycles. The minimum atomic E-state index is -0.714. The number of fused-ring (bicyclic) bond motifs is 4. The van der Waals surface area contributed by atoms with Gasteiger partial charge in [0.1, 0.15) is 17.5 Å². The molecule has 35 heavy (non-hydrogen) atoms. The van der Waals surface area contributed by atoms with Gasteiger partial charge in [0, 0.05) is 23.8 Å². The van der Waals surface area contributed by atoms with Crippen LogP contribution in [-0.4, -0.2) is 60.8 Å². The predicted molar refractivity (Wildman–Crippen MR) is 138 cm³/mol. The van der Waals surface area contributed by atoms with Crippen molar-refractivity contribution in [3.8, 4) is 11.5 Å². The van der Waals surface area contributed by atoms with Crippen LogP contribution in [0.3, 0.4) is 0 Å². The van der Waals surface area contributed by atoms with Gasteiger partial charge in [-0.3, -0.25) is 9.69 Å². The molecule has 184 valence electrons. The third-order valence-electron chi connectivity index (χ3n) is 7.77. The number of methoxy groups -OCH3 is 1. The molecule has 3 saturated heterocycles. The highest BCUT2D eigenvalue weighted by molar-refractivity contribution is 6.07. The summed E-state index contributed by atoms with van der Waals surface area (Å²) >= 11 is 0. The highest BCUT2D eigenvalue weighted by Crippen LogP contribution is 2.43. The van der Waals surface area contributed by atoms with Gasteiger partial charge in [-0.15, -0.1) is 6.58 Å². The van der Waals surface area contributed by atoms with Crippen molar-refractivity contribution in [1.29, 1.82) is 0 Å². The van der Waals surface area contributed by atoms with Crippen molar-refractivity contribution in [2.45, 2.75) is 38.0 Å². The van der Waals surface area contributed by atoms with Gasteiger partial charge >= 0.3 is 0 Å². The fourth-order valence-corrected chi connectivity index (χ4v) is 5.92. The van der Waals surface area contributed by atoms with Gasteiger partial charge in [0.05, 0.1) is 25.4 Å². The minimum Gasteiger partial charge on any atom is -0.497 e. The summed E-state index contributed by atoms with van der Waals surface area (Å²) in [6, 6.07) is 12.5. The average molecular weight is 475 g/mol. The molecule has 0 radical (unpaired) electrons. The van der Waals surface area contributed by atoms with Crippen LogP contribution in [0, 0.1) is 11.8 Å². The average Bonchev–Trinajstić information content (AvgIpc) is 2.91. The molecular weight excluding hydrogens is 440 g/mol. The summed E-state index contributed by atoms with van der Waals surface area (Å²) in [5.74, 6) is 2.22. The number of ether oxygens (including phenoxy) is 2. The lowest BCUT2D eigenvalue weighted by Crippen LogP contribution is -2.57. The predicted octanol–water partition coefficient (Wildman–Crippen LogP) is 4.41. The third-order valence-corrected chi connectivity index (χ3v) is 7.77. The molecular formula is C29H34N2O4. The number of hydrogen-bond donors (Lipinski definition) is 2. The molecule has 6 nitrogen and oxygen atoms in total. The highest BCUT2D eigenvalue weighted by atomic mass is 16.5. The first kappa shape index (κ1) is 23.6. The molecule has 2 aromatic rings. The molecule has 0 aromatic heterocycles. The number of aliphatic hydroxyl groups excluding tert-OH is 1. The van der Waals surface area contributed by atoms with E-state index in [4.69, 9.17) is 9.47 Å². The van der Waals surface area contributed by atoms with Crippen LogP contribution in [0.5, 0.6) is 11.5 Å². The number of nitrogens with one attached hydrogen (secondary N) is 1. The van der Waals surface area contributed by atoms with Gasteiger partial charge in [0.25, 0.3) is 0 Å². The Kier molecular flexibility index (Phi) is 6.67. The lowest BCUT2D eigenvalue weighted by molar-refractivity contribution is -0.0254. The standard InChI is InChI=1S/C29H34N2O4/c1-4-18-17-31-13-12-19(18)14-26(31)29(33)23-16-25(30-24-11-10-20(34-3)15-22(23)24)28(32)21-8-6-7-9-27(21)35-5-2/h4,6-11,15-16,18-19,25-26,29-30,33H,1,5,12-14,17H2,2-3H3/t18-,19?,25?,26-,29+/m0/s1. The fraction of sp³-hybridized carbons (Fsp3) is 0.414. The van der Waals surface area contributed by atoms with E-state index in [0.717, 1.165) is 42.8 Å². The second-order valence-electron chi connectivity index (χ2n) is 9.64. The van der Waals surface area contributed by atoms with Crippen molar-refractivity contribution in [1.82, 2.24) is 4.90 Å². The lowest BCUT2D eigenvalue weighted by Gasteiger charge is -2.51. The van der Waals surface area contributed by atoms with E-state index in [1.165, 1.54) is 0 Å². The number of nitrogens with zero attached hydrogens (tertiary/aromatic N) is 1. The Hall–Kier alpha value is -3.09. The Balaban J connectivity index is 1.51. The van der Waals surface area contributed by atoms with Gasteiger partial charge in [-0.2, -0.15) is 0 Å². The van der Waals surface area contributed by atoms with Gasteiger partial charge < -0.3 is 19.9 Å².